The minimum Gasteiger partial charge on any atom is -0.370 e. The van der Waals surface area contributed by atoms with Crippen LogP contribution in [0.5, 0.6) is 0 Å². The normalized spacial score (nSPS) is 11.1. The average molecular weight is 412 g/mol. The zero-order valence-electron chi connectivity index (χ0n) is 15.2. The molecule has 3 aromatic carbocycles. The molecule has 0 saturated carbocycles. The van der Waals surface area contributed by atoms with Crippen LogP contribution >= 0.6 is 23.2 Å². The van der Waals surface area contributed by atoms with Gasteiger partial charge in [-0.15, -0.1) is 0 Å². The molecule has 0 bridgehead atoms. The second-order valence-corrected chi connectivity index (χ2v) is 7.55. The maximum Gasteiger partial charge on any atom is 0.186 e. The van der Waals surface area contributed by atoms with Gasteiger partial charge >= 0.3 is 0 Å². The first kappa shape index (κ1) is 18.5. The number of guanidine groups is 1. The van der Waals surface area contributed by atoms with Crippen LogP contribution in [0.25, 0.3) is 21.8 Å². The number of aromatic nitrogens is 1. The number of halogens is 2. The minimum absolute atomic E-state index is 0.0518. The summed E-state index contributed by atoms with van der Waals surface area (Å²) < 4.78 is 0. The molecule has 0 fully saturated rings. The first-order chi connectivity index (χ1) is 13.4. The smallest absolute Gasteiger partial charge is 0.186 e. The molecule has 0 amide bonds. The minimum atomic E-state index is 0.0518. The van der Waals surface area contributed by atoms with Crippen molar-refractivity contribution in [2.75, 3.05) is 5.32 Å². The van der Waals surface area contributed by atoms with E-state index in [1.807, 2.05) is 49.4 Å². The molecule has 0 spiro atoms. The van der Waals surface area contributed by atoms with Crippen molar-refractivity contribution < 1.29 is 0 Å². The lowest BCUT2D eigenvalue weighted by Crippen LogP contribution is -2.22. The number of rotatable bonds is 4. The summed E-state index contributed by atoms with van der Waals surface area (Å²) in [5, 5.41) is 6.90. The molecule has 0 aliphatic heterocycles. The van der Waals surface area contributed by atoms with Gasteiger partial charge in [-0.2, -0.15) is 0 Å². The van der Waals surface area contributed by atoms with E-state index in [0.29, 0.717) is 16.6 Å². The average Bonchev–Trinajstić information content (AvgIpc) is 3.01. The molecular formula is C21H19Cl2N5. The molecule has 7 heteroatoms. The Balaban J connectivity index is 1.87. The molecule has 6 N–H and O–H groups in total. The van der Waals surface area contributed by atoms with Crippen molar-refractivity contribution in [1.29, 1.82) is 0 Å². The van der Waals surface area contributed by atoms with Crippen molar-refractivity contribution in [3.05, 3.63) is 69.7 Å². The zero-order chi connectivity index (χ0) is 19.8. The van der Waals surface area contributed by atoms with E-state index in [9.17, 15) is 0 Å². The van der Waals surface area contributed by atoms with E-state index in [1.165, 1.54) is 0 Å². The summed E-state index contributed by atoms with van der Waals surface area (Å²) in [6.07, 6.45) is 0. The van der Waals surface area contributed by atoms with Crippen LogP contribution < -0.4 is 16.8 Å². The first-order valence-electron chi connectivity index (χ1n) is 8.73. The van der Waals surface area contributed by atoms with Crippen LogP contribution in [0, 0.1) is 6.92 Å². The number of hydrogen-bond donors (Lipinski definition) is 4. The van der Waals surface area contributed by atoms with Crippen LogP contribution in [-0.4, -0.2) is 10.9 Å². The molecule has 28 heavy (non-hydrogen) atoms. The molecule has 0 unspecified atom stereocenters. The fourth-order valence-electron chi connectivity index (χ4n) is 3.26. The number of nitrogens with two attached hydrogens (primary N) is 2. The molecule has 142 valence electrons. The van der Waals surface area contributed by atoms with Gasteiger partial charge < -0.3 is 21.8 Å². The van der Waals surface area contributed by atoms with E-state index in [2.05, 4.69) is 21.4 Å². The molecule has 0 saturated heterocycles. The monoisotopic (exact) mass is 411 g/mol. The number of benzene rings is 3. The Morgan fingerprint density at radius 1 is 1.00 bits per heavy atom. The van der Waals surface area contributed by atoms with Crippen molar-refractivity contribution >= 4 is 62.3 Å². The number of nitrogens with one attached hydrogen (secondary N) is 2. The van der Waals surface area contributed by atoms with Gasteiger partial charge in [0.2, 0.25) is 0 Å². The van der Waals surface area contributed by atoms with E-state index >= 15 is 0 Å². The van der Waals surface area contributed by atoms with E-state index in [4.69, 9.17) is 34.7 Å². The van der Waals surface area contributed by atoms with Crippen molar-refractivity contribution in [1.82, 2.24) is 4.98 Å². The lowest BCUT2D eigenvalue weighted by Gasteiger charge is -2.11. The van der Waals surface area contributed by atoms with Crippen molar-refractivity contribution in [2.24, 2.45) is 16.5 Å². The van der Waals surface area contributed by atoms with Crippen LogP contribution in [-0.2, 0) is 6.54 Å². The van der Waals surface area contributed by atoms with Gasteiger partial charge in [0.15, 0.2) is 5.96 Å². The number of aryl methyl sites for hydroxylation is 1. The fourth-order valence-corrected chi connectivity index (χ4v) is 3.61. The van der Waals surface area contributed by atoms with Gasteiger partial charge in [0, 0.05) is 37.7 Å². The molecule has 1 aromatic heterocycles. The number of fused-ring (bicyclic) bond motifs is 3. The molecule has 0 atom stereocenters. The van der Waals surface area contributed by atoms with E-state index in [0.717, 1.165) is 44.3 Å². The predicted octanol–water partition coefficient (Wildman–Crippen LogP) is 5.45. The summed E-state index contributed by atoms with van der Waals surface area (Å²) in [5.74, 6) is 0.0518. The standard InChI is InChI=1S/C21H19Cl2N5/c1-11-2-4-14(9-18(11)23)27-15-6-12(10-26-21(24)25)20-17(8-15)16-7-13(22)3-5-19(16)28-20/h2-9,27-28H,10H2,1H3,(H4,24,25,26). The molecule has 0 aliphatic carbocycles. The fraction of sp³-hybridized carbons (Fsp3) is 0.0952. The Hall–Kier alpha value is -2.89. The number of H-pyrrole nitrogens is 1. The largest absolute Gasteiger partial charge is 0.370 e. The third kappa shape index (κ3) is 3.59. The van der Waals surface area contributed by atoms with Gasteiger partial charge in [0.1, 0.15) is 0 Å². The van der Waals surface area contributed by atoms with E-state index in [1.54, 1.807) is 0 Å². The maximum atomic E-state index is 6.26. The Morgan fingerprint density at radius 2 is 1.82 bits per heavy atom. The number of aromatic amines is 1. The third-order valence-electron chi connectivity index (χ3n) is 4.64. The van der Waals surface area contributed by atoms with Crippen LogP contribution in [0.2, 0.25) is 10.0 Å². The maximum absolute atomic E-state index is 6.26. The van der Waals surface area contributed by atoms with Gasteiger partial charge in [-0.3, -0.25) is 0 Å². The Morgan fingerprint density at radius 3 is 2.57 bits per heavy atom. The number of nitrogens with zero attached hydrogens (tertiary/aromatic N) is 1. The van der Waals surface area contributed by atoms with Crippen molar-refractivity contribution in [3.8, 4) is 0 Å². The first-order valence-corrected chi connectivity index (χ1v) is 9.49. The molecule has 4 aromatic rings. The van der Waals surface area contributed by atoms with Gasteiger partial charge in [-0.1, -0.05) is 29.3 Å². The van der Waals surface area contributed by atoms with Gasteiger partial charge in [-0.25, -0.2) is 4.99 Å². The van der Waals surface area contributed by atoms with Crippen LogP contribution in [0.15, 0.2) is 53.5 Å². The third-order valence-corrected chi connectivity index (χ3v) is 5.29. The van der Waals surface area contributed by atoms with Gasteiger partial charge in [0.25, 0.3) is 0 Å². The highest BCUT2D eigenvalue weighted by molar-refractivity contribution is 6.32. The Bertz CT molecular complexity index is 1220. The molecule has 4 rings (SSSR count). The lowest BCUT2D eigenvalue weighted by molar-refractivity contribution is 1.06. The molecule has 0 radical (unpaired) electrons. The SMILES string of the molecule is Cc1ccc(Nc2cc(CN=C(N)N)c3[nH]c4ccc(Cl)cc4c3c2)cc1Cl. The topological polar surface area (TPSA) is 92.2 Å². The summed E-state index contributed by atoms with van der Waals surface area (Å²) in [5.41, 5.74) is 16.9. The lowest BCUT2D eigenvalue weighted by atomic mass is 10.1. The highest BCUT2D eigenvalue weighted by Gasteiger charge is 2.11. The van der Waals surface area contributed by atoms with Crippen molar-refractivity contribution in [2.45, 2.75) is 13.5 Å². The van der Waals surface area contributed by atoms with E-state index in [-0.39, 0.29) is 5.96 Å². The number of anilines is 2. The highest BCUT2D eigenvalue weighted by atomic mass is 35.5. The molecular weight excluding hydrogens is 393 g/mol. The van der Waals surface area contributed by atoms with Gasteiger partial charge in [-0.05, 0) is 60.5 Å². The molecule has 0 aliphatic rings. The van der Waals surface area contributed by atoms with Crippen LogP contribution in [0.4, 0.5) is 11.4 Å². The summed E-state index contributed by atoms with van der Waals surface area (Å²) in [7, 11) is 0. The second-order valence-electron chi connectivity index (χ2n) is 6.70. The predicted molar refractivity (Wildman–Crippen MR) is 120 cm³/mol. The van der Waals surface area contributed by atoms with Gasteiger partial charge in [0.05, 0.1) is 12.1 Å². The van der Waals surface area contributed by atoms with E-state index < -0.39 is 0 Å². The van der Waals surface area contributed by atoms with Crippen LogP contribution in [0.3, 0.4) is 0 Å². The summed E-state index contributed by atoms with van der Waals surface area (Å²) >= 11 is 12.5. The summed E-state index contributed by atoms with van der Waals surface area (Å²) in [6, 6.07) is 15.8. The zero-order valence-corrected chi connectivity index (χ0v) is 16.7. The van der Waals surface area contributed by atoms with Crippen LogP contribution in [0.1, 0.15) is 11.1 Å². The number of hydrogen-bond acceptors (Lipinski definition) is 2. The quantitative estimate of drug-likeness (QED) is 0.265. The highest BCUT2D eigenvalue weighted by Crippen LogP contribution is 2.34. The van der Waals surface area contributed by atoms with Crippen molar-refractivity contribution in [3.63, 3.8) is 0 Å². The molecule has 5 nitrogen and oxygen atoms in total. The molecule has 1 heterocycles. The summed E-state index contributed by atoms with van der Waals surface area (Å²) in [4.78, 5) is 7.63. The number of aliphatic imine (C=N–C) groups is 1. The Labute approximate surface area is 172 Å². The Kier molecular flexibility index (Phi) is 4.79. The summed E-state index contributed by atoms with van der Waals surface area (Å²) in [6.45, 7) is 2.34. The second kappa shape index (κ2) is 7.26.